The van der Waals surface area contributed by atoms with E-state index in [9.17, 15) is 0 Å². The summed E-state index contributed by atoms with van der Waals surface area (Å²) in [4.78, 5) is 9.76. The summed E-state index contributed by atoms with van der Waals surface area (Å²) in [7, 11) is 0. The van der Waals surface area contributed by atoms with Crippen molar-refractivity contribution < 1.29 is 0 Å². The highest BCUT2D eigenvalue weighted by molar-refractivity contribution is 7.13. The van der Waals surface area contributed by atoms with Gasteiger partial charge in [0.05, 0.1) is 5.69 Å². The molecule has 5 heteroatoms. The van der Waals surface area contributed by atoms with Crippen LogP contribution in [0, 0.1) is 5.92 Å². The summed E-state index contributed by atoms with van der Waals surface area (Å²) in [5, 5.41) is 6.80. The van der Waals surface area contributed by atoms with Crippen molar-refractivity contribution in [2.75, 3.05) is 44.2 Å². The van der Waals surface area contributed by atoms with Crippen LogP contribution in [0.25, 0.3) is 0 Å². The molecule has 0 saturated carbocycles. The van der Waals surface area contributed by atoms with Gasteiger partial charge in [0.2, 0.25) is 0 Å². The van der Waals surface area contributed by atoms with Crippen LogP contribution < -0.4 is 10.2 Å². The van der Waals surface area contributed by atoms with Crippen LogP contribution in [0.4, 0.5) is 5.13 Å². The number of nitrogens with one attached hydrogen (secondary N) is 1. The SMILES string of the molecule is CCCNCc1csc(N2CCN(CC(C)C)CC2)n1. The van der Waals surface area contributed by atoms with Crippen molar-refractivity contribution in [3.05, 3.63) is 11.1 Å². The number of thiazole rings is 1. The zero-order valence-electron chi connectivity index (χ0n) is 13.1. The Morgan fingerprint density at radius 3 is 2.70 bits per heavy atom. The number of piperazine rings is 1. The first-order chi connectivity index (χ1) is 9.69. The van der Waals surface area contributed by atoms with E-state index in [0.29, 0.717) is 0 Å². The van der Waals surface area contributed by atoms with Crippen LogP contribution in [0.3, 0.4) is 0 Å². The van der Waals surface area contributed by atoms with Crippen molar-refractivity contribution in [3.8, 4) is 0 Å². The van der Waals surface area contributed by atoms with Gasteiger partial charge in [-0.05, 0) is 18.9 Å². The first-order valence-electron chi connectivity index (χ1n) is 7.81. The molecule has 20 heavy (non-hydrogen) atoms. The number of rotatable bonds is 7. The summed E-state index contributed by atoms with van der Waals surface area (Å²) < 4.78 is 0. The van der Waals surface area contributed by atoms with Gasteiger partial charge >= 0.3 is 0 Å². The number of hydrogen-bond acceptors (Lipinski definition) is 5. The molecule has 0 aromatic carbocycles. The molecule has 1 fully saturated rings. The fourth-order valence-corrected chi connectivity index (χ4v) is 3.43. The molecule has 1 aliphatic heterocycles. The molecular weight excluding hydrogens is 268 g/mol. The first kappa shape index (κ1) is 15.7. The maximum absolute atomic E-state index is 4.76. The van der Waals surface area contributed by atoms with Gasteiger partial charge in [-0.1, -0.05) is 20.8 Å². The Balaban J connectivity index is 1.78. The molecule has 0 atom stereocenters. The van der Waals surface area contributed by atoms with Crippen LogP contribution in [0.1, 0.15) is 32.9 Å². The predicted molar refractivity (Wildman–Crippen MR) is 87.6 cm³/mol. The van der Waals surface area contributed by atoms with Gasteiger partial charge in [-0.15, -0.1) is 11.3 Å². The van der Waals surface area contributed by atoms with E-state index in [4.69, 9.17) is 4.98 Å². The number of hydrogen-bond donors (Lipinski definition) is 1. The van der Waals surface area contributed by atoms with E-state index in [1.807, 2.05) is 0 Å². The lowest BCUT2D eigenvalue weighted by molar-refractivity contribution is 0.231. The van der Waals surface area contributed by atoms with Gasteiger partial charge in [-0.25, -0.2) is 4.98 Å². The lowest BCUT2D eigenvalue weighted by Gasteiger charge is -2.35. The maximum Gasteiger partial charge on any atom is 0.185 e. The van der Waals surface area contributed by atoms with Crippen LogP contribution >= 0.6 is 11.3 Å². The quantitative estimate of drug-likeness (QED) is 0.783. The molecule has 1 N–H and O–H groups in total. The highest BCUT2D eigenvalue weighted by Crippen LogP contribution is 2.22. The third-order valence-corrected chi connectivity index (χ3v) is 4.49. The van der Waals surface area contributed by atoms with Crippen molar-refractivity contribution in [2.45, 2.75) is 33.7 Å². The number of nitrogens with zero attached hydrogens (tertiary/aromatic N) is 3. The van der Waals surface area contributed by atoms with Crippen molar-refractivity contribution in [1.29, 1.82) is 0 Å². The van der Waals surface area contributed by atoms with E-state index in [1.54, 1.807) is 11.3 Å². The standard InChI is InChI=1S/C15H28N4S/c1-4-5-16-10-14-12-20-15(17-14)19-8-6-18(7-9-19)11-13(2)3/h12-13,16H,4-11H2,1-3H3. The van der Waals surface area contributed by atoms with Gasteiger partial charge in [-0.3, -0.25) is 4.90 Å². The van der Waals surface area contributed by atoms with Gasteiger partial charge in [0.15, 0.2) is 5.13 Å². The summed E-state index contributed by atoms with van der Waals surface area (Å²) in [6.07, 6.45) is 1.18. The summed E-state index contributed by atoms with van der Waals surface area (Å²) >= 11 is 1.79. The molecule has 0 aliphatic carbocycles. The molecule has 2 rings (SSSR count). The molecule has 1 aromatic heterocycles. The zero-order valence-corrected chi connectivity index (χ0v) is 13.9. The highest BCUT2D eigenvalue weighted by Gasteiger charge is 2.19. The topological polar surface area (TPSA) is 31.4 Å². The summed E-state index contributed by atoms with van der Waals surface area (Å²) in [5.74, 6) is 0.762. The van der Waals surface area contributed by atoms with E-state index < -0.39 is 0 Å². The Morgan fingerprint density at radius 2 is 2.05 bits per heavy atom. The van der Waals surface area contributed by atoms with Crippen molar-refractivity contribution in [3.63, 3.8) is 0 Å². The molecule has 0 amide bonds. The average molecular weight is 296 g/mol. The average Bonchev–Trinajstić information content (AvgIpc) is 2.88. The zero-order chi connectivity index (χ0) is 14.4. The van der Waals surface area contributed by atoms with E-state index in [1.165, 1.54) is 36.9 Å². The highest BCUT2D eigenvalue weighted by atomic mass is 32.1. The minimum absolute atomic E-state index is 0.762. The molecular formula is C15H28N4S. The minimum atomic E-state index is 0.762. The van der Waals surface area contributed by atoms with E-state index in [-0.39, 0.29) is 0 Å². The van der Waals surface area contributed by atoms with Crippen molar-refractivity contribution in [2.24, 2.45) is 5.92 Å². The van der Waals surface area contributed by atoms with Gasteiger partial charge in [-0.2, -0.15) is 0 Å². The Hall–Kier alpha value is -0.650. The lowest BCUT2D eigenvalue weighted by Crippen LogP contribution is -2.47. The van der Waals surface area contributed by atoms with Gasteiger partial charge in [0.1, 0.15) is 0 Å². The lowest BCUT2D eigenvalue weighted by atomic mass is 10.2. The number of aromatic nitrogens is 1. The molecule has 4 nitrogen and oxygen atoms in total. The molecule has 0 unspecified atom stereocenters. The normalized spacial score (nSPS) is 17.1. The first-order valence-corrected chi connectivity index (χ1v) is 8.69. The van der Waals surface area contributed by atoms with E-state index in [0.717, 1.165) is 32.1 Å². The van der Waals surface area contributed by atoms with Gasteiger partial charge in [0, 0.05) is 44.6 Å². The van der Waals surface area contributed by atoms with Crippen molar-refractivity contribution in [1.82, 2.24) is 15.2 Å². The van der Waals surface area contributed by atoms with Crippen LogP contribution in [-0.2, 0) is 6.54 Å². The summed E-state index contributed by atoms with van der Waals surface area (Å²) in [6, 6.07) is 0. The van der Waals surface area contributed by atoms with Gasteiger partial charge < -0.3 is 10.2 Å². The Bertz CT molecular complexity index is 383. The smallest absolute Gasteiger partial charge is 0.185 e. The molecule has 0 spiro atoms. The fourth-order valence-electron chi connectivity index (χ4n) is 2.55. The third-order valence-electron chi connectivity index (χ3n) is 3.54. The van der Waals surface area contributed by atoms with Crippen LogP contribution in [0.5, 0.6) is 0 Å². The fraction of sp³-hybridized carbons (Fsp3) is 0.800. The molecule has 0 bridgehead atoms. The largest absolute Gasteiger partial charge is 0.346 e. The molecule has 0 radical (unpaired) electrons. The van der Waals surface area contributed by atoms with Crippen molar-refractivity contribution >= 4 is 16.5 Å². The second-order valence-electron chi connectivity index (χ2n) is 5.98. The third kappa shape index (κ3) is 4.72. The van der Waals surface area contributed by atoms with Gasteiger partial charge in [0.25, 0.3) is 0 Å². The molecule has 1 saturated heterocycles. The Morgan fingerprint density at radius 1 is 1.30 bits per heavy atom. The summed E-state index contributed by atoms with van der Waals surface area (Å²) in [5.41, 5.74) is 1.18. The summed E-state index contributed by atoms with van der Waals surface area (Å²) in [6.45, 7) is 14.5. The monoisotopic (exact) mass is 296 g/mol. The molecule has 1 aromatic rings. The molecule has 2 heterocycles. The number of anilines is 1. The minimum Gasteiger partial charge on any atom is -0.346 e. The maximum atomic E-state index is 4.76. The second kappa shape index (κ2) is 7.96. The van der Waals surface area contributed by atoms with E-state index in [2.05, 4.69) is 41.3 Å². The van der Waals surface area contributed by atoms with Crippen LogP contribution in [0.2, 0.25) is 0 Å². The predicted octanol–water partition coefficient (Wildman–Crippen LogP) is 2.42. The Labute approximate surface area is 127 Å². The second-order valence-corrected chi connectivity index (χ2v) is 6.82. The van der Waals surface area contributed by atoms with Crippen LogP contribution in [-0.4, -0.2) is 49.2 Å². The van der Waals surface area contributed by atoms with E-state index >= 15 is 0 Å². The molecule has 1 aliphatic rings. The van der Waals surface area contributed by atoms with Crippen LogP contribution in [0.15, 0.2) is 5.38 Å². The molecule has 114 valence electrons. The Kier molecular flexibility index (Phi) is 6.26.